The molecule has 0 amide bonds. The molecule has 0 spiro atoms. The summed E-state index contributed by atoms with van der Waals surface area (Å²) in [5, 5.41) is 0. The molecule has 0 radical (unpaired) electrons. The zero-order valence-corrected chi connectivity index (χ0v) is 8.37. The zero-order valence-electron chi connectivity index (χ0n) is 6.79. The van der Waals surface area contributed by atoms with Crippen molar-refractivity contribution in [2.45, 2.75) is 6.42 Å². The maximum absolute atomic E-state index is 11.5. The van der Waals surface area contributed by atoms with Crippen LogP contribution in [-0.4, -0.2) is 12.1 Å². The van der Waals surface area contributed by atoms with E-state index in [2.05, 4.69) is 15.9 Å². The quantitative estimate of drug-likeness (QED) is 0.554. The molecule has 0 bridgehead atoms. The van der Waals surface area contributed by atoms with Gasteiger partial charge in [0.15, 0.2) is 5.78 Å². The van der Waals surface area contributed by atoms with Crippen molar-refractivity contribution in [3.8, 4) is 0 Å². The van der Waals surface area contributed by atoms with E-state index in [1.807, 2.05) is 12.1 Å². The van der Waals surface area contributed by atoms with E-state index < -0.39 is 5.92 Å². The van der Waals surface area contributed by atoms with Gasteiger partial charge in [0, 0.05) is 10.0 Å². The van der Waals surface area contributed by atoms with Gasteiger partial charge in [-0.3, -0.25) is 4.79 Å². The summed E-state index contributed by atoms with van der Waals surface area (Å²) in [6.07, 6.45) is 1.27. The largest absolute Gasteiger partial charge is 0.303 e. The minimum Gasteiger partial charge on any atom is -0.303 e. The highest BCUT2D eigenvalue weighted by Gasteiger charge is 2.30. The monoisotopic (exact) mass is 238 g/mol. The van der Waals surface area contributed by atoms with Crippen LogP contribution in [0.3, 0.4) is 0 Å². The van der Waals surface area contributed by atoms with Gasteiger partial charge in [-0.1, -0.05) is 28.1 Å². The molecule has 1 aromatic rings. The van der Waals surface area contributed by atoms with Crippen LogP contribution in [0.25, 0.3) is 0 Å². The van der Waals surface area contributed by atoms with Crippen molar-refractivity contribution in [1.29, 1.82) is 0 Å². The van der Waals surface area contributed by atoms with Crippen LogP contribution in [0.4, 0.5) is 0 Å². The fourth-order valence-electron chi connectivity index (χ4n) is 1.62. The normalized spacial score (nSPS) is 20.1. The van der Waals surface area contributed by atoms with Crippen molar-refractivity contribution in [2.24, 2.45) is 5.92 Å². The molecule has 1 unspecified atom stereocenters. The summed E-state index contributed by atoms with van der Waals surface area (Å²) in [4.78, 5) is 22.1. The minimum atomic E-state index is -0.464. The molecule has 2 rings (SSSR count). The number of hydrogen-bond donors (Lipinski definition) is 0. The molecule has 13 heavy (non-hydrogen) atoms. The molecule has 0 saturated heterocycles. The van der Waals surface area contributed by atoms with Gasteiger partial charge in [0.25, 0.3) is 0 Å². The summed E-state index contributed by atoms with van der Waals surface area (Å²) >= 11 is 3.36. The number of fused-ring (bicyclic) bond motifs is 1. The third kappa shape index (κ3) is 1.23. The van der Waals surface area contributed by atoms with Crippen molar-refractivity contribution >= 4 is 28.0 Å². The Hall–Kier alpha value is -0.960. The van der Waals surface area contributed by atoms with Crippen molar-refractivity contribution in [3.63, 3.8) is 0 Å². The molecule has 0 heterocycles. The highest BCUT2D eigenvalue weighted by molar-refractivity contribution is 9.10. The first-order chi connectivity index (χ1) is 6.24. The minimum absolute atomic E-state index is 0.0497. The summed E-state index contributed by atoms with van der Waals surface area (Å²) in [7, 11) is 0. The maximum Gasteiger partial charge on any atom is 0.173 e. The molecule has 1 aromatic carbocycles. The highest BCUT2D eigenvalue weighted by atomic mass is 79.9. The Balaban J connectivity index is 2.55. The number of aldehydes is 1. The van der Waals surface area contributed by atoms with E-state index in [4.69, 9.17) is 0 Å². The molecular formula is C10H7BrO2. The predicted octanol–water partition coefficient (Wildman–Crippen LogP) is 2.00. The Morgan fingerprint density at radius 2 is 2.23 bits per heavy atom. The van der Waals surface area contributed by atoms with Gasteiger partial charge in [-0.15, -0.1) is 0 Å². The van der Waals surface area contributed by atoms with E-state index in [1.54, 1.807) is 6.07 Å². The standard InChI is InChI=1S/C10H7BrO2/c11-9-3-1-2-7-8(9)4-6(5-12)10(7)13/h1-3,5-6H,4H2. The molecule has 2 nitrogen and oxygen atoms in total. The number of carbonyl (C=O) groups is 2. The lowest BCUT2D eigenvalue weighted by molar-refractivity contribution is -0.109. The molecule has 0 fully saturated rings. The van der Waals surface area contributed by atoms with Crippen molar-refractivity contribution in [2.75, 3.05) is 0 Å². The summed E-state index contributed by atoms with van der Waals surface area (Å²) in [6, 6.07) is 5.47. The van der Waals surface area contributed by atoms with Gasteiger partial charge in [0.2, 0.25) is 0 Å². The van der Waals surface area contributed by atoms with Crippen LogP contribution < -0.4 is 0 Å². The van der Waals surface area contributed by atoms with Crippen LogP contribution in [0.1, 0.15) is 15.9 Å². The zero-order chi connectivity index (χ0) is 9.42. The van der Waals surface area contributed by atoms with Crippen LogP contribution in [0.15, 0.2) is 22.7 Å². The first-order valence-electron chi connectivity index (χ1n) is 4.01. The number of ketones is 1. The lowest BCUT2D eigenvalue weighted by Gasteiger charge is -1.97. The van der Waals surface area contributed by atoms with Crippen molar-refractivity contribution in [1.82, 2.24) is 0 Å². The fourth-order valence-corrected chi connectivity index (χ4v) is 2.15. The fraction of sp³-hybridized carbons (Fsp3) is 0.200. The lowest BCUT2D eigenvalue weighted by atomic mass is 10.1. The Kier molecular flexibility index (Phi) is 2.04. The number of carbonyl (C=O) groups excluding carboxylic acids is 2. The summed E-state index contributed by atoms with van der Waals surface area (Å²) in [5.41, 5.74) is 1.65. The number of benzene rings is 1. The second kappa shape index (κ2) is 3.07. The highest BCUT2D eigenvalue weighted by Crippen LogP contribution is 2.31. The van der Waals surface area contributed by atoms with E-state index >= 15 is 0 Å². The number of rotatable bonds is 1. The van der Waals surface area contributed by atoms with Crippen LogP contribution in [0, 0.1) is 5.92 Å². The second-order valence-corrected chi connectivity index (χ2v) is 3.93. The SMILES string of the molecule is O=CC1Cc2c(Br)cccc2C1=O. The van der Waals surface area contributed by atoms with Crippen molar-refractivity contribution < 1.29 is 9.59 Å². The first kappa shape index (κ1) is 8.63. The Morgan fingerprint density at radius 1 is 1.46 bits per heavy atom. The van der Waals surface area contributed by atoms with Crippen LogP contribution in [-0.2, 0) is 11.2 Å². The average molecular weight is 239 g/mol. The molecular weight excluding hydrogens is 232 g/mol. The Bertz CT molecular complexity index is 385. The number of hydrogen-bond acceptors (Lipinski definition) is 2. The van der Waals surface area contributed by atoms with E-state index in [-0.39, 0.29) is 5.78 Å². The Labute approximate surface area is 84.1 Å². The van der Waals surface area contributed by atoms with Gasteiger partial charge in [0.1, 0.15) is 6.29 Å². The van der Waals surface area contributed by atoms with Crippen LogP contribution >= 0.6 is 15.9 Å². The summed E-state index contributed by atoms with van der Waals surface area (Å²) < 4.78 is 0.919. The molecule has 66 valence electrons. The summed E-state index contributed by atoms with van der Waals surface area (Å²) in [5.74, 6) is -0.514. The molecule has 1 aliphatic rings. The molecule has 1 aliphatic carbocycles. The van der Waals surface area contributed by atoms with Gasteiger partial charge in [-0.05, 0) is 18.1 Å². The van der Waals surface area contributed by atoms with Gasteiger partial charge < -0.3 is 4.79 Å². The van der Waals surface area contributed by atoms with Gasteiger partial charge >= 0.3 is 0 Å². The molecule has 0 aliphatic heterocycles. The number of Topliss-reactive ketones (excluding diaryl/α,β-unsaturated/α-hetero) is 1. The average Bonchev–Trinajstić information content (AvgIpc) is 2.45. The van der Waals surface area contributed by atoms with E-state index in [9.17, 15) is 9.59 Å². The topological polar surface area (TPSA) is 34.1 Å². The van der Waals surface area contributed by atoms with E-state index in [0.717, 1.165) is 16.3 Å². The third-order valence-corrected chi connectivity index (χ3v) is 3.05. The first-order valence-corrected chi connectivity index (χ1v) is 4.80. The second-order valence-electron chi connectivity index (χ2n) is 3.08. The predicted molar refractivity (Wildman–Crippen MR) is 51.7 cm³/mol. The molecule has 0 N–H and O–H groups in total. The number of halogens is 1. The van der Waals surface area contributed by atoms with Gasteiger partial charge in [-0.2, -0.15) is 0 Å². The lowest BCUT2D eigenvalue weighted by Crippen LogP contribution is -2.09. The smallest absolute Gasteiger partial charge is 0.173 e. The Morgan fingerprint density at radius 3 is 2.85 bits per heavy atom. The van der Waals surface area contributed by atoms with E-state index in [0.29, 0.717) is 12.0 Å². The van der Waals surface area contributed by atoms with Crippen molar-refractivity contribution in [3.05, 3.63) is 33.8 Å². The molecule has 0 saturated carbocycles. The molecule has 1 atom stereocenters. The van der Waals surface area contributed by atoms with Gasteiger partial charge in [0.05, 0.1) is 5.92 Å². The van der Waals surface area contributed by atoms with Crippen LogP contribution in [0.2, 0.25) is 0 Å². The maximum atomic E-state index is 11.5. The molecule has 0 aromatic heterocycles. The third-order valence-electron chi connectivity index (χ3n) is 2.31. The summed E-state index contributed by atoms with van der Waals surface area (Å²) in [6.45, 7) is 0. The van der Waals surface area contributed by atoms with Gasteiger partial charge in [-0.25, -0.2) is 0 Å². The van der Waals surface area contributed by atoms with Crippen LogP contribution in [0.5, 0.6) is 0 Å². The van der Waals surface area contributed by atoms with E-state index in [1.165, 1.54) is 0 Å². The molecule has 3 heteroatoms.